The third-order valence-electron chi connectivity index (χ3n) is 2.34. The van der Waals surface area contributed by atoms with Gasteiger partial charge in [0.05, 0.1) is 0 Å². The molecule has 0 amide bonds. The van der Waals surface area contributed by atoms with Crippen molar-refractivity contribution in [3.8, 4) is 11.1 Å². The lowest BCUT2D eigenvalue weighted by molar-refractivity contribution is 0.597. The number of hydrogen-bond acceptors (Lipinski definition) is 2. The molecule has 2 aromatic carbocycles. The van der Waals surface area contributed by atoms with E-state index in [0.29, 0.717) is 10.0 Å². The van der Waals surface area contributed by atoms with Gasteiger partial charge in [0, 0.05) is 10.0 Å². The van der Waals surface area contributed by atoms with Gasteiger partial charge < -0.3 is 0 Å². The second-order valence-corrected chi connectivity index (χ2v) is 5.88. The quantitative estimate of drug-likeness (QED) is 0.927. The van der Waals surface area contributed by atoms with Crippen LogP contribution in [0.1, 0.15) is 0 Å². The maximum absolute atomic E-state index is 11.6. The number of rotatable bonds is 2. The fraction of sp³-hybridized carbons (Fsp3) is 0. The van der Waals surface area contributed by atoms with Crippen molar-refractivity contribution in [3.63, 3.8) is 0 Å². The van der Waals surface area contributed by atoms with Crippen LogP contribution in [0.2, 0.25) is 0 Å². The Labute approximate surface area is 108 Å². The first-order chi connectivity index (χ1) is 8.00. The molecule has 17 heavy (non-hydrogen) atoms. The van der Waals surface area contributed by atoms with E-state index < -0.39 is 10.0 Å². The van der Waals surface area contributed by atoms with Crippen LogP contribution in [0.3, 0.4) is 0 Å². The lowest BCUT2D eigenvalue weighted by Gasteiger charge is -2.09. The number of benzene rings is 2. The van der Waals surface area contributed by atoms with Gasteiger partial charge in [-0.15, -0.1) is 0 Å². The number of sulfonamides is 1. The minimum atomic E-state index is -3.76. The van der Waals surface area contributed by atoms with E-state index >= 15 is 0 Å². The first kappa shape index (κ1) is 12.3. The summed E-state index contributed by atoms with van der Waals surface area (Å²) in [5.74, 6) is 0. The molecular formula is C12H10BrNO2S. The molecule has 0 unspecified atom stereocenters. The third-order valence-corrected chi connectivity index (χ3v) is 4.27. The number of hydrogen-bond donors (Lipinski definition) is 1. The molecule has 0 saturated carbocycles. The molecule has 0 fully saturated rings. The van der Waals surface area contributed by atoms with Gasteiger partial charge in [-0.1, -0.05) is 42.5 Å². The van der Waals surface area contributed by atoms with E-state index in [-0.39, 0.29) is 4.90 Å². The van der Waals surface area contributed by atoms with Gasteiger partial charge in [-0.25, -0.2) is 13.6 Å². The lowest BCUT2D eigenvalue weighted by atomic mass is 10.1. The summed E-state index contributed by atoms with van der Waals surface area (Å²) < 4.78 is 23.7. The molecule has 3 nitrogen and oxygen atoms in total. The van der Waals surface area contributed by atoms with Crippen LogP contribution in [0.25, 0.3) is 11.1 Å². The smallest absolute Gasteiger partial charge is 0.225 e. The highest BCUT2D eigenvalue weighted by Gasteiger charge is 2.18. The molecule has 0 radical (unpaired) electrons. The highest BCUT2D eigenvalue weighted by Crippen LogP contribution is 2.32. The lowest BCUT2D eigenvalue weighted by Crippen LogP contribution is -2.14. The molecule has 0 atom stereocenters. The summed E-state index contributed by atoms with van der Waals surface area (Å²) in [6.45, 7) is 0. The van der Waals surface area contributed by atoms with E-state index in [1.54, 1.807) is 18.2 Å². The summed E-state index contributed by atoms with van der Waals surface area (Å²) in [5, 5.41) is 5.24. The van der Waals surface area contributed by atoms with Crippen LogP contribution >= 0.6 is 15.9 Å². The Bertz CT molecular complexity index is 639. The average molecular weight is 312 g/mol. The second-order valence-electron chi connectivity index (χ2n) is 3.53. The van der Waals surface area contributed by atoms with E-state index in [2.05, 4.69) is 15.9 Å². The van der Waals surface area contributed by atoms with Crippen LogP contribution in [0.4, 0.5) is 0 Å². The maximum atomic E-state index is 11.6. The Morgan fingerprint density at radius 2 is 1.59 bits per heavy atom. The predicted octanol–water partition coefficient (Wildman–Crippen LogP) is 2.76. The number of halogens is 1. The molecule has 2 rings (SSSR count). The molecule has 2 aromatic rings. The van der Waals surface area contributed by atoms with Crippen molar-refractivity contribution in [2.24, 2.45) is 5.14 Å². The Hall–Kier alpha value is -1.17. The summed E-state index contributed by atoms with van der Waals surface area (Å²) in [6.07, 6.45) is 0. The van der Waals surface area contributed by atoms with E-state index in [1.165, 1.54) is 0 Å². The zero-order valence-electron chi connectivity index (χ0n) is 8.80. The van der Waals surface area contributed by atoms with Crippen LogP contribution < -0.4 is 5.14 Å². The number of nitrogens with two attached hydrogens (primary N) is 1. The highest BCUT2D eigenvalue weighted by atomic mass is 79.9. The molecule has 0 saturated heterocycles. The molecule has 5 heteroatoms. The third kappa shape index (κ3) is 2.57. The SMILES string of the molecule is NS(=O)(=O)c1c(Br)cccc1-c1ccccc1. The maximum Gasteiger partial charge on any atom is 0.239 e. The Morgan fingerprint density at radius 1 is 0.941 bits per heavy atom. The van der Waals surface area contributed by atoms with Gasteiger partial charge >= 0.3 is 0 Å². The fourth-order valence-electron chi connectivity index (χ4n) is 1.64. The van der Waals surface area contributed by atoms with Gasteiger partial charge in [0.2, 0.25) is 10.0 Å². The van der Waals surface area contributed by atoms with Crippen molar-refractivity contribution in [1.82, 2.24) is 0 Å². The van der Waals surface area contributed by atoms with Crippen LogP contribution in [0.15, 0.2) is 57.9 Å². The van der Waals surface area contributed by atoms with Crippen molar-refractivity contribution >= 4 is 26.0 Å². The first-order valence-corrected chi connectivity index (χ1v) is 7.21. The Kier molecular flexibility index (Phi) is 3.33. The normalized spacial score (nSPS) is 11.4. The summed E-state index contributed by atoms with van der Waals surface area (Å²) in [6, 6.07) is 14.4. The van der Waals surface area contributed by atoms with Gasteiger partial charge in [-0.2, -0.15) is 0 Å². The fourth-order valence-corrected chi connectivity index (χ4v) is 3.52. The Balaban J connectivity index is 2.76. The minimum Gasteiger partial charge on any atom is -0.225 e. The van der Waals surface area contributed by atoms with Crippen LogP contribution in [0, 0.1) is 0 Å². The molecular weight excluding hydrogens is 302 g/mol. The van der Waals surface area contributed by atoms with Crippen LogP contribution in [-0.2, 0) is 10.0 Å². The summed E-state index contributed by atoms with van der Waals surface area (Å²) in [4.78, 5) is 0.117. The largest absolute Gasteiger partial charge is 0.239 e. The summed E-state index contributed by atoms with van der Waals surface area (Å²) in [5.41, 5.74) is 1.42. The molecule has 88 valence electrons. The second kappa shape index (κ2) is 4.60. The van der Waals surface area contributed by atoms with Gasteiger partial charge in [-0.3, -0.25) is 0 Å². The highest BCUT2D eigenvalue weighted by molar-refractivity contribution is 9.10. The van der Waals surface area contributed by atoms with Crippen molar-refractivity contribution in [3.05, 3.63) is 53.0 Å². The first-order valence-electron chi connectivity index (χ1n) is 4.87. The van der Waals surface area contributed by atoms with Crippen molar-refractivity contribution in [2.75, 3.05) is 0 Å². The molecule has 0 bridgehead atoms. The number of primary sulfonamides is 1. The molecule has 0 aliphatic carbocycles. The van der Waals surface area contributed by atoms with Crippen LogP contribution in [0.5, 0.6) is 0 Å². The standard InChI is InChI=1S/C12H10BrNO2S/c13-11-8-4-7-10(12(11)17(14,15)16)9-5-2-1-3-6-9/h1-8H,(H2,14,15,16). The zero-order chi connectivity index (χ0) is 12.5. The molecule has 0 aliphatic rings. The van der Waals surface area contributed by atoms with Gasteiger partial charge in [0.1, 0.15) is 4.90 Å². The van der Waals surface area contributed by atoms with Gasteiger partial charge in [0.25, 0.3) is 0 Å². The zero-order valence-corrected chi connectivity index (χ0v) is 11.2. The monoisotopic (exact) mass is 311 g/mol. The Morgan fingerprint density at radius 3 is 2.18 bits per heavy atom. The van der Waals surface area contributed by atoms with Gasteiger partial charge in [-0.05, 0) is 27.6 Å². The van der Waals surface area contributed by atoms with E-state index in [9.17, 15) is 8.42 Å². The van der Waals surface area contributed by atoms with Crippen molar-refractivity contribution in [2.45, 2.75) is 4.90 Å². The van der Waals surface area contributed by atoms with E-state index in [0.717, 1.165) is 5.56 Å². The van der Waals surface area contributed by atoms with Gasteiger partial charge in [0.15, 0.2) is 0 Å². The average Bonchev–Trinajstić information content (AvgIpc) is 2.28. The molecule has 0 heterocycles. The van der Waals surface area contributed by atoms with Crippen LogP contribution in [-0.4, -0.2) is 8.42 Å². The van der Waals surface area contributed by atoms with E-state index in [1.807, 2.05) is 30.3 Å². The van der Waals surface area contributed by atoms with E-state index in [4.69, 9.17) is 5.14 Å². The summed E-state index contributed by atoms with van der Waals surface area (Å²) in [7, 11) is -3.76. The molecule has 0 spiro atoms. The van der Waals surface area contributed by atoms with Crippen molar-refractivity contribution < 1.29 is 8.42 Å². The molecule has 0 aliphatic heterocycles. The summed E-state index contributed by atoms with van der Waals surface area (Å²) >= 11 is 3.22. The minimum absolute atomic E-state index is 0.117. The van der Waals surface area contributed by atoms with Crippen molar-refractivity contribution in [1.29, 1.82) is 0 Å². The topological polar surface area (TPSA) is 60.2 Å². The molecule has 2 N–H and O–H groups in total. The predicted molar refractivity (Wildman–Crippen MR) is 71.0 cm³/mol. The molecule has 0 aromatic heterocycles.